The average molecular weight is 266 g/mol. The quantitative estimate of drug-likeness (QED) is 0.288. The number of oxime groups is 1. The Kier molecular flexibility index (Phi) is 4.35. The summed E-state index contributed by atoms with van der Waals surface area (Å²) in [5.74, 6) is -4.48. The monoisotopic (exact) mass is 266 g/mol. The molecule has 18 heavy (non-hydrogen) atoms. The highest BCUT2D eigenvalue weighted by Gasteiger charge is 2.43. The van der Waals surface area contributed by atoms with Crippen molar-refractivity contribution in [1.29, 1.82) is 0 Å². The van der Waals surface area contributed by atoms with Crippen molar-refractivity contribution in [3.63, 3.8) is 0 Å². The maximum absolute atomic E-state index is 13.1. The standard InChI is InChI=1S/C10H10F4N2O2/c11-7-3-1-2-4-8(7)18-5-6(9(15)16-17)10(12,13)14/h1-4,6,17H,5H2,(H2,15,16). The SMILES string of the molecule is N/C(=N/O)C(COc1ccccc1F)C(F)(F)F. The van der Waals surface area contributed by atoms with E-state index in [0.717, 1.165) is 6.07 Å². The summed E-state index contributed by atoms with van der Waals surface area (Å²) in [6.45, 7) is -0.972. The fraction of sp³-hybridized carbons (Fsp3) is 0.300. The van der Waals surface area contributed by atoms with Gasteiger partial charge in [0.05, 0.1) is 0 Å². The molecular formula is C10H10F4N2O2. The molecule has 0 aliphatic heterocycles. The molecule has 0 saturated heterocycles. The van der Waals surface area contributed by atoms with Gasteiger partial charge in [-0.05, 0) is 12.1 Å². The van der Waals surface area contributed by atoms with Gasteiger partial charge in [0.2, 0.25) is 0 Å². The van der Waals surface area contributed by atoms with Crippen molar-refractivity contribution < 1.29 is 27.5 Å². The van der Waals surface area contributed by atoms with Crippen molar-refractivity contribution in [2.24, 2.45) is 16.8 Å². The Bertz CT molecular complexity index is 434. The van der Waals surface area contributed by atoms with Gasteiger partial charge < -0.3 is 15.7 Å². The highest BCUT2D eigenvalue weighted by atomic mass is 19.4. The third kappa shape index (κ3) is 3.51. The molecule has 100 valence electrons. The van der Waals surface area contributed by atoms with E-state index >= 15 is 0 Å². The normalized spacial score (nSPS) is 14.3. The lowest BCUT2D eigenvalue weighted by molar-refractivity contribution is -0.162. The fourth-order valence-electron chi connectivity index (χ4n) is 1.15. The van der Waals surface area contributed by atoms with Crippen LogP contribution >= 0.6 is 0 Å². The number of nitrogens with two attached hydrogens (primary N) is 1. The van der Waals surface area contributed by atoms with E-state index in [-0.39, 0.29) is 5.75 Å². The van der Waals surface area contributed by atoms with Crippen LogP contribution < -0.4 is 10.5 Å². The minimum atomic E-state index is -4.75. The lowest BCUT2D eigenvalue weighted by Crippen LogP contribution is -2.40. The van der Waals surface area contributed by atoms with Crippen molar-refractivity contribution in [3.8, 4) is 5.75 Å². The molecule has 0 aliphatic rings. The summed E-state index contributed by atoms with van der Waals surface area (Å²) in [6.07, 6.45) is -4.75. The zero-order valence-corrected chi connectivity index (χ0v) is 8.99. The Hall–Kier alpha value is -1.99. The maximum Gasteiger partial charge on any atom is 0.402 e. The highest BCUT2D eigenvalue weighted by Crippen LogP contribution is 2.27. The second-order valence-electron chi connectivity index (χ2n) is 3.36. The van der Waals surface area contributed by atoms with E-state index in [1.54, 1.807) is 0 Å². The summed E-state index contributed by atoms with van der Waals surface area (Å²) in [7, 11) is 0. The number of ether oxygens (including phenoxy) is 1. The number of nitrogens with zero attached hydrogens (tertiary/aromatic N) is 1. The van der Waals surface area contributed by atoms with Gasteiger partial charge in [-0.25, -0.2) is 4.39 Å². The minimum absolute atomic E-state index is 0.336. The van der Waals surface area contributed by atoms with Crippen LogP contribution in [0.4, 0.5) is 17.6 Å². The van der Waals surface area contributed by atoms with E-state index in [0.29, 0.717) is 0 Å². The number of benzene rings is 1. The van der Waals surface area contributed by atoms with Gasteiger partial charge >= 0.3 is 6.18 Å². The van der Waals surface area contributed by atoms with Crippen molar-refractivity contribution in [1.82, 2.24) is 0 Å². The molecule has 0 fully saturated rings. The predicted octanol–water partition coefficient (Wildman–Crippen LogP) is 2.13. The topological polar surface area (TPSA) is 67.8 Å². The molecule has 4 nitrogen and oxygen atoms in total. The van der Waals surface area contributed by atoms with E-state index in [1.807, 2.05) is 0 Å². The minimum Gasteiger partial charge on any atom is -0.489 e. The molecule has 1 aromatic carbocycles. The van der Waals surface area contributed by atoms with E-state index < -0.39 is 30.4 Å². The number of amidine groups is 1. The molecular weight excluding hydrogens is 256 g/mol. The molecule has 3 N–H and O–H groups in total. The number of hydrogen-bond acceptors (Lipinski definition) is 3. The van der Waals surface area contributed by atoms with E-state index in [9.17, 15) is 17.6 Å². The number of rotatable bonds is 4. The summed E-state index contributed by atoms with van der Waals surface area (Å²) >= 11 is 0. The number of hydrogen-bond donors (Lipinski definition) is 2. The largest absolute Gasteiger partial charge is 0.489 e. The van der Waals surface area contributed by atoms with Gasteiger partial charge in [-0.1, -0.05) is 17.3 Å². The van der Waals surface area contributed by atoms with E-state index in [4.69, 9.17) is 10.9 Å². The van der Waals surface area contributed by atoms with Crippen LogP contribution in [0.2, 0.25) is 0 Å². The Morgan fingerprint density at radius 1 is 1.39 bits per heavy atom. The predicted molar refractivity (Wildman–Crippen MR) is 54.8 cm³/mol. The molecule has 0 aliphatic carbocycles. The highest BCUT2D eigenvalue weighted by molar-refractivity contribution is 5.83. The Balaban J connectivity index is 2.78. The molecule has 0 amide bonds. The van der Waals surface area contributed by atoms with Gasteiger partial charge in [0.1, 0.15) is 12.5 Å². The van der Waals surface area contributed by atoms with Gasteiger partial charge in [0.25, 0.3) is 0 Å². The van der Waals surface area contributed by atoms with Crippen LogP contribution in [-0.2, 0) is 0 Å². The van der Waals surface area contributed by atoms with Crippen LogP contribution in [0, 0.1) is 11.7 Å². The first-order valence-electron chi connectivity index (χ1n) is 4.77. The summed E-state index contributed by atoms with van der Waals surface area (Å²) in [5, 5.41) is 10.5. The second kappa shape index (κ2) is 5.56. The van der Waals surface area contributed by atoms with Gasteiger partial charge in [-0.3, -0.25) is 0 Å². The molecule has 1 aromatic rings. The van der Waals surface area contributed by atoms with Crippen molar-refractivity contribution in [3.05, 3.63) is 30.1 Å². The molecule has 1 unspecified atom stereocenters. The molecule has 1 rings (SSSR count). The molecule has 0 spiro atoms. The number of halogens is 4. The van der Waals surface area contributed by atoms with Gasteiger partial charge in [0, 0.05) is 0 Å². The molecule has 0 saturated carbocycles. The fourth-order valence-corrected chi connectivity index (χ4v) is 1.15. The lowest BCUT2D eigenvalue weighted by atomic mass is 10.1. The summed E-state index contributed by atoms with van der Waals surface area (Å²) < 4.78 is 55.3. The smallest absolute Gasteiger partial charge is 0.402 e. The van der Waals surface area contributed by atoms with Crippen molar-refractivity contribution in [2.45, 2.75) is 6.18 Å². The van der Waals surface area contributed by atoms with Gasteiger partial charge in [-0.15, -0.1) is 0 Å². The average Bonchev–Trinajstić information content (AvgIpc) is 2.29. The molecule has 8 heteroatoms. The van der Waals surface area contributed by atoms with Crippen LogP contribution in [0.25, 0.3) is 0 Å². The zero-order chi connectivity index (χ0) is 13.8. The van der Waals surface area contributed by atoms with E-state index in [1.165, 1.54) is 18.2 Å². The summed E-state index contributed by atoms with van der Waals surface area (Å²) in [4.78, 5) is 0. The molecule has 0 radical (unpaired) electrons. The number of alkyl halides is 3. The second-order valence-corrected chi connectivity index (χ2v) is 3.36. The van der Waals surface area contributed by atoms with Crippen molar-refractivity contribution in [2.75, 3.05) is 6.61 Å². The molecule has 0 aromatic heterocycles. The van der Waals surface area contributed by atoms with E-state index in [2.05, 4.69) is 9.89 Å². The maximum atomic E-state index is 13.1. The molecule has 0 heterocycles. The lowest BCUT2D eigenvalue weighted by Gasteiger charge is -2.19. The third-order valence-corrected chi connectivity index (χ3v) is 2.11. The summed E-state index contributed by atoms with van der Waals surface area (Å²) in [5.41, 5.74) is 4.91. The first-order chi connectivity index (χ1) is 8.36. The van der Waals surface area contributed by atoms with Crippen LogP contribution in [-0.4, -0.2) is 23.8 Å². The van der Waals surface area contributed by atoms with Crippen LogP contribution in [0.1, 0.15) is 0 Å². The number of para-hydroxylation sites is 1. The molecule has 1 atom stereocenters. The van der Waals surface area contributed by atoms with Gasteiger partial charge in [0.15, 0.2) is 17.4 Å². The van der Waals surface area contributed by atoms with Gasteiger partial charge in [-0.2, -0.15) is 13.2 Å². The van der Waals surface area contributed by atoms with Crippen LogP contribution in [0.3, 0.4) is 0 Å². The van der Waals surface area contributed by atoms with Crippen LogP contribution in [0.15, 0.2) is 29.4 Å². The third-order valence-electron chi connectivity index (χ3n) is 2.11. The van der Waals surface area contributed by atoms with Crippen LogP contribution in [0.5, 0.6) is 5.75 Å². The first-order valence-corrected chi connectivity index (χ1v) is 4.77. The Labute approximate surface area is 99.7 Å². The Morgan fingerprint density at radius 3 is 2.50 bits per heavy atom. The first kappa shape index (κ1) is 14.1. The van der Waals surface area contributed by atoms with Crippen molar-refractivity contribution >= 4 is 5.84 Å². The summed E-state index contributed by atoms with van der Waals surface area (Å²) in [6, 6.07) is 4.99. The Morgan fingerprint density at radius 2 is 2.00 bits per heavy atom. The zero-order valence-electron chi connectivity index (χ0n) is 8.99. The molecule has 0 bridgehead atoms.